The first kappa shape index (κ1) is 13.9. The third-order valence-corrected chi connectivity index (χ3v) is 3.40. The van der Waals surface area contributed by atoms with Gasteiger partial charge in [-0.15, -0.1) is 0 Å². The molecule has 0 atom stereocenters. The lowest BCUT2D eigenvalue weighted by molar-refractivity contribution is 0.411. The van der Waals surface area contributed by atoms with Gasteiger partial charge in [0.1, 0.15) is 11.6 Å². The van der Waals surface area contributed by atoms with Crippen molar-refractivity contribution in [3.8, 4) is 5.75 Å². The number of ether oxygens (including phenoxy) is 1. The van der Waals surface area contributed by atoms with Crippen LogP contribution in [0.2, 0.25) is 0 Å². The molecule has 1 heterocycles. The summed E-state index contributed by atoms with van der Waals surface area (Å²) in [6.07, 6.45) is 1.80. The molecule has 100 valence electrons. The fourth-order valence-corrected chi connectivity index (χ4v) is 2.41. The average Bonchev–Trinajstić information content (AvgIpc) is 2.38. The van der Waals surface area contributed by atoms with Gasteiger partial charge in [0, 0.05) is 17.2 Å². The van der Waals surface area contributed by atoms with Crippen molar-refractivity contribution in [2.45, 2.75) is 20.4 Å². The minimum Gasteiger partial charge on any atom is -0.496 e. The molecule has 19 heavy (non-hydrogen) atoms. The zero-order chi connectivity index (χ0) is 13.8. The second kappa shape index (κ2) is 6.06. The molecule has 2 rings (SSSR count). The molecule has 1 aromatic heterocycles. The van der Waals surface area contributed by atoms with Gasteiger partial charge in [0.2, 0.25) is 0 Å². The minimum atomic E-state index is 0.750. The maximum atomic E-state index is 5.26. The minimum absolute atomic E-state index is 0.750. The van der Waals surface area contributed by atoms with Crippen LogP contribution in [0.3, 0.4) is 0 Å². The highest BCUT2D eigenvalue weighted by Gasteiger charge is 2.03. The van der Waals surface area contributed by atoms with E-state index in [1.165, 1.54) is 5.56 Å². The number of anilines is 1. The predicted molar refractivity (Wildman–Crippen MR) is 81.7 cm³/mol. The van der Waals surface area contributed by atoms with Crippen LogP contribution >= 0.6 is 15.9 Å². The van der Waals surface area contributed by atoms with E-state index >= 15 is 0 Å². The Balaban J connectivity index is 2.08. The van der Waals surface area contributed by atoms with Crippen LogP contribution in [-0.2, 0) is 6.54 Å². The zero-order valence-corrected chi connectivity index (χ0v) is 12.9. The number of aromatic nitrogens is 1. The molecule has 0 radical (unpaired) electrons. The van der Waals surface area contributed by atoms with E-state index in [0.717, 1.165) is 33.7 Å². The smallest absolute Gasteiger partial charge is 0.129 e. The lowest BCUT2D eigenvalue weighted by atomic mass is 10.1. The van der Waals surface area contributed by atoms with Crippen LogP contribution in [0.4, 0.5) is 5.82 Å². The Bertz CT molecular complexity index is 584. The van der Waals surface area contributed by atoms with Crippen molar-refractivity contribution in [2.75, 3.05) is 12.4 Å². The standard InChI is InChI=1S/C15H17BrN2O/c1-10-6-12(4-5-14(10)19-3)8-17-15-11(2)7-13(16)9-18-15/h4-7,9H,8H2,1-3H3,(H,17,18). The number of nitrogens with one attached hydrogen (secondary N) is 1. The fraction of sp³-hybridized carbons (Fsp3) is 0.267. The highest BCUT2D eigenvalue weighted by Crippen LogP contribution is 2.20. The highest BCUT2D eigenvalue weighted by atomic mass is 79.9. The molecule has 0 unspecified atom stereocenters. The molecule has 0 saturated heterocycles. The van der Waals surface area contributed by atoms with Crippen LogP contribution in [0.15, 0.2) is 34.9 Å². The van der Waals surface area contributed by atoms with Crippen molar-refractivity contribution in [3.63, 3.8) is 0 Å². The molecule has 0 aliphatic carbocycles. The van der Waals surface area contributed by atoms with Gasteiger partial charge in [-0.3, -0.25) is 0 Å². The lowest BCUT2D eigenvalue weighted by Gasteiger charge is -2.10. The zero-order valence-electron chi connectivity index (χ0n) is 11.3. The molecular formula is C15H17BrN2O. The maximum Gasteiger partial charge on any atom is 0.129 e. The molecule has 0 amide bonds. The van der Waals surface area contributed by atoms with E-state index in [1.807, 2.05) is 19.9 Å². The van der Waals surface area contributed by atoms with Gasteiger partial charge in [-0.05, 0) is 58.6 Å². The van der Waals surface area contributed by atoms with E-state index < -0.39 is 0 Å². The first-order valence-corrected chi connectivity index (χ1v) is 6.89. The van der Waals surface area contributed by atoms with Crippen molar-refractivity contribution >= 4 is 21.7 Å². The number of hydrogen-bond acceptors (Lipinski definition) is 3. The van der Waals surface area contributed by atoms with Crippen molar-refractivity contribution < 1.29 is 4.74 Å². The molecule has 0 bridgehead atoms. The fourth-order valence-electron chi connectivity index (χ4n) is 1.96. The van der Waals surface area contributed by atoms with Crippen molar-refractivity contribution in [2.24, 2.45) is 0 Å². The lowest BCUT2D eigenvalue weighted by Crippen LogP contribution is -2.03. The molecular weight excluding hydrogens is 304 g/mol. The van der Waals surface area contributed by atoms with Crippen LogP contribution in [0.5, 0.6) is 5.75 Å². The summed E-state index contributed by atoms with van der Waals surface area (Å²) in [7, 11) is 1.69. The van der Waals surface area contributed by atoms with Crippen molar-refractivity contribution in [3.05, 3.63) is 51.6 Å². The Kier molecular flexibility index (Phi) is 4.43. The number of aryl methyl sites for hydroxylation is 2. The third-order valence-electron chi connectivity index (χ3n) is 2.96. The van der Waals surface area contributed by atoms with E-state index in [2.05, 4.69) is 44.4 Å². The van der Waals surface area contributed by atoms with Gasteiger partial charge in [0.25, 0.3) is 0 Å². The molecule has 4 heteroatoms. The van der Waals surface area contributed by atoms with E-state index in [9.17, 15) is 0 Å². The normalized spacial score (nSPS) is 10.3. The van der Waals surface area contributed by atoms with E-state index in [-0.39, 0.29) is 0 Å². The monoisotopic (exact) mass is 320 g/mol. The molecule has 0 aliphatic heterocycles. The Morgan fingerprint density at radius 2 is 2.00 bits per heavy atom. The number of benzene rings is 1. The Hall–Kier alpha value is -1.55. The molecule has 0 aliphatic rings. The van der Waals surface area contributed by atoms with E-state index in [0.29, 0.717) is 0 Å². The van der Waals surface area contributed by atoms with Gasteiger partial charge in [-0.25, -0.2) is 4.98 Å². The highest BCUT2D eigenvalue weighted by molar-refractivity contribution is 9.10. The van der Waals surface area contributed by atoms with Gasteiger partial charge in [-0.1, -0.05) is 12.1 Å². The number of pyridine rings is 1. The topological polar surface area (TPSA) is 34.1 Å². The van der Waals surface area contributed by atoms with Crippen LogP contribution < -0.4 is 10.1 Å². The second-order valence-electron chi connectivity index (χ2n) is 4.48. The molecule has 0 fully saturated rings. The van der Waals surface area contributed by atoms with Crippen molar-refractivity contribution in [1.82, 2.24) is 4.98 Å². The molecule has 0 spiro atoms. The summed E-state index contributed by atoms with van der Waals surface area (Å²) in [6, 6.07) is 8.23. The molecule has 3 nitrogen and oxygen atoms in total. The Morgan fingerprint density at radius 1 is 1.21 bits per heavy atom. The molecule has 1 aromatic carbocycles. The molecule has 2 aromatic rings. The van der Waals surface area contributed by atoms with Crippen LogP contribution in [0.1, 0.15) is 16.7 Å². The number of halogens is 1. The molecule has 1 N–H and O–H groups in total. The summed E-state index contributed by atoms with van der Waals surface area (Å²) in [4.78, 5) is 4.37. The van der Waals surface area contributed by atoms with Crippen molar-refractivity contribution in [1.29, 1.82) is 0 Å². The van der Waals surface area contributed by atoms with Crippen LogP contribution in [0.25, 0.3) is 0 Å². The Labute approximate surface area is 122 Å². The first-order chi connectivity index (χ1) is 9.10. The van der Waals surface area contributed by atoms with Crippen LogP contribution in [0, 0.1) is 13.8 Å². The van der Waals surface area contributed by atoms with Crippen LogP contribution in [-0.4, -0.2) is 12.1 Å². The summed E-state index contributed by atoms with van der Waals surface area (Å²) in [5.41, 5.74) is 3.48. The first-order valence-electron chi connectivity index (χ1n) is 6.09. The van der Waals surface area contributed by atoms with Gasteiger partial charge in [0.05, 0.1) is 7.11 Å². The van der Waals surface area contributed by atoms with E-state index in [4.69, 9.17) is 4.74 Å². The largest absolute Gasteiger partial charge is 0.496 e. The quantitative estimate of drug-likeness (QED) is 0.921. The summed E-state index contributed by atoms with van der Waals surface area (Å²) >= 11 is 3.41. The Morgan fingerprint density at radius 3 is 2.63 bits per heavy atom. The summed E-state index contributed by atoms with van der Waals surface area (Å²) in [5, 5.41) is 3.35. The average molecular weight is 321 g/mol. The summed E-state index contributed by atoms with van der Waals surface area (Å²) in [5.74, 6) is 1.83. The van der Waals surface area contributed by atoms with Gasteiger partial charge >= 0.3 is 0 Å². The molecule has 0 saturated carbocycles. The number of hydrogen-bond donors (Lipinski definition) is 1. The second-order valence-corrected chi connectivity index (χ2v) is 5.39. The summed E-state index contributed by atoms with van der Waals surface area (Å²) in [6.45, 7) is 4.84. The van der Waals surface area contributed by atoms with Gasteiger partial charge < -0.3 is 10.1 Å². The number of nitrogens with zero attached hydrogens (tertiary/aromatic N) is 1. The third kappa shape index (κ3) is 3.47. The van der Waals surface area contributed by atoms with Gasteiger partial charge in [-0.2, -0.15) is 0 Å². The van der Waals surface area contributed by atoms with Gasteiger partial charge in [0.15, 0.2) is 0 Å². The SMILES string of the molecule is COc1ccc(CNc2ncc(Br)cc2C)cc1C. The predicted octanol–water partition coefficient (Wildman–Crippen LogP) is 4.08. The maximum absolute atomic E-state index is 5.26. The number of methoxy groups -OCH3 is 1. The van der Waals surface area contributed by atoms with E-state index in [1.54, 1.807) is 13.3 Å². The summed E-state index contributed by atoms with van der Waals surface area (Å²) < 4.78 is 6.25. The number of rotatable bonds is 4.